The Morgan fingerprint density at radius 2 is 2.04 bits per heavy atom. The molecule has 132 valence electrons. The molecule has 0 radical (unpaired) electrons. The summed E-state index contributed by atoms with van der Waals surface area (Å²) in [7, 11) is -3.87. The number of sulfonamides is 1. The summed E-state index contributed by atoms with van der Waals surface area (Å²) in [5, 5.41) is 19.7. The van der Waals surface area contributed by atoms with Gasteiger partial charge in [-0.05, 0) is 12.1 Å². The number of nitro groups is 1. The van der Waals surface area contributed by atoms with Crippen LogP contribution in [0.1, 0.15) is 6.42 Å². The summed E-state index contributed by atoms with van der Waals surface area (Å²) >= 11 is 0. The predicted molar refractivity (Wildman–Crippen MR) is 80.4 cm³/mol. The third-order valence-corrected chi connectivity index (χ3v) is 5.20. The SMILES string of the molecule is O=C(O)CCOc1ccc(S(=O)(=O)N2CCOCC2)cc1[N+](=O)[O-]. The maximum atomic E-state index is 12.5. The molecule has 0 unspecified atom stereocenters. The summed E-state index contributed by atoms with van der Waals surface area (Å²) < 4.78 is 36.4. The zero-order chi connectivity index (χ0) is 17.7. The fraction of sp³-hybridized carbons (Fsp3) is 0.462. The standard InChI is InChI=1S/C13H16N2O8S/c16-13(17)3-6-23-12-2-1-10(9-11(12)15(18)19)24(20,21)14-4-7-22-8-5-14/h1-2,9H,3-8H2,(H,16,17). The Bertz CT molecular complexity index is 727. The zero-order valence-corrected chi connectivity index (χ0v) is 13.4. The van der Waals surface area contributed by atoms with Gasteiger partial charge in [-0.1, -0.05) is 0 Å². The number of rotatable bonds is 7. The van der Waals surface area contributed by atoms with Crippen molar-refractivity contribution in [2.75, 3.05) is 32.9 Å². The van der Waals surface area contributed by atoms with E-state index in [9.17, 15) is 23.3 Å². The summed E-state index contributed by atoms with van der Waals surface area (Å²) in [5.74, 6) is -1.29. The van der Waals surface area contributed by atoms with Crippen molar-refractivity contribution in [3.63, 3.8) is 0 Å². The molecule has 10 nitrogen and oxygen atoms in total. The van der Waals surface area contributed by atoms with Gasteiger partial charge in [0.1, 0.15) is 0 Å². The minimum absolute atomic E-state index is 0.174. The fourth-order valence-corrected chi connectivity index (χ4v) is 3.54. The molecule has 1 heterocycles. The quantitative estimate of drug-likeness (QED) is 0.547. The molecular weight excluding hydrogens is 344 g/mol. The van der Waals surface area contributed by atoms with Crippen molar-refractivity contribution < 1.29 is 32.7 Å². The number of benzene rings is 1. The van der Waals surface area contributed by atoms with Gasteiger partial charge in [0.15, 0.2) is 5.75 Å². The van der Waals surface area contributed by atoms with Crippen LogP contribution in [0, 0.1) is 10.1 Å². The third kappa shape index (κ3) is 4.19. The second-order valence-electron chi connectivity index (χ2n) is 4.90. The van der Waals surface area contributed by atoms with Gasteiger partial charge in [0.25, 0.3) is 0 Å². The van der Waals surface area contributed by atoms with Crippen LogP contribution >= 0.6 is 0 Å². The zero-order valence-electron chi connectivity index (χ0n) is 12.6. The van der Waals surface area contributed by atoms with Gasteiger partial charge in [0, 0.05) is 19.2 Å². The van der Waals surface area contributed by atoms with Gasteiger partial charge < -0.3 is 14.6 Å². The molecule has 1 aromatic carbocycles. The summed E-state index contributed by atoms with van der Waals surface area (Å²) in [6, 6.07) is 3.28. The Hall–Kier alpha value is -2.24. The van der Waals surface area contributed by atoms with E-state index in [1.165, 1.54) is 10.4 Å². The molecule has 1 saturated heterocycles. The van der Waals surface area contributed by atoms with E-state index in [0.29, 0.717) is 0 Å². The Labute approximate surface area is 137 Å². The van der Waals surface area contributed by atoms with Crippen molar-refractivity contribution in [1.82, 2.24) is 4.31 Å². The lowest BCUT2D eigenvalue weighted by Gasteiger charge is -2.26. The van der Waals surface area contributed by atoms with Gasteiger partial charge >= 0.3 is 11.7 Å². The summed E-state index contributed by atoms with van der Waals surface area (Å²) in [6.45, 7) is 0.612. The van der Waals surface area contributed by atoms with Crippen molar-refractivity contribution in [3.8, 4) is 5.75 Å². The van der Waals surface area contributed by atoms with E-state index >= 15 is 0 Å². The number of nitro benzene ring substituents is 1. The van der Waals surface area contributed by atoms with Crippen LogP contribution in [0.2, 0.25) is 0 Å². The van der Waals surface area contributed by atoms with Crippen molar-refractivity contribution in [1.29, 1.82) is 0 Å². The van der Waals surface area contributed by atoms with Gasteiger partial charge in [-0.3, -0.25) is 14.9 Å². The van der Waals surface area contributed by atoms with Crippen LogP contribution < -0.4 is 4.74 Å². The molecule has 1 N–H and O–H groups in total. The first-order valence-corrected chi connectivity index (χ1v) is 8.47. The van der Waals surface area contributed by atoms with Crippen LogP contribution in [0.5, 0.6) is 5.75 Å². The van der Waals surface area contributed by atoms with E-state index < -0.39 is 26.6 Å². The van der Waals surface area contributed by atoms with E-state index in [-0.39, 0.29) is 50.0 Å². The molecule has 0 atom stereocenters. The second-order valence-corrected chi connectivity index (χ2v) is 6.83. The lowest BCUT2D eigenvalue weighted by atomic mass is 10.3. The molecule has 11 heteroatoms. The molecule has 0 spiro atoms. The predicted octanol–water partition coefficient (Wildman–Crippen LogP) is 0.469. The lowest BCUT2D eigenvalue weighted by Crippen LogP contribution is -2.40. The average Bonchev–Trinajstić information content (AvgIpc) is 2.55. The largest absolute Gasteiger partial charge is 0.486 e. The molecule has 2 rings (SSSR count). The molecule has 1 aromatic rings. The third-order valence-electron chi connectivity index (χ3n) is 3.31. The Morgan fingerprint density at radius 3 is 2.62 bits per heavy atom. The van der Waals surface area contributed by atoms with E-state index in [1.54, 1.807) is 0 Å². The first-order valence-electron chi connectivity index (χ1n) is 7.03. The highest BCUT2D eigenvalue weighted by atomic mass is 32.2. The fourth-order valence-electron chi connectivity index (χ4n) is 2.11. The van der Waals surface area contributed by atoms with E-state index in [4.69, 9.17) is 14.6 Å². The van der Waals surface area contributed by atoms with E-state index in [2.05, 4.69) is 0 Å². The Balaban J connectivity index is 2.27. The summed E-state index contributed by atoms with van der Waals surface area (Å²) in [4.78, 5) is 20.6. The molecule has 0 aliphatic carbocycles. The average molecular weight is 360 g/mol. The summed E-state index contributed by atoms with van der Waals surface area (Å²) in [6.07, 6.45) is -0.328. The monoisotopic (exact) mass is 360 g/mol. The minimum atomic E-state index is -3.87. The topological polar surface area (TPSA) is 136 Å². The first-order chi connectivity index (χ1) is 11.3. The smallest absolute Gasteiger partial charge is 0.312 e. The normalized spacial score (nSPS) is 15.8. The van der Waals surface area contributed by atoms with Crippen LogP contribution in [0.3, 0.4) is 0 Å². The number of aliphatic carboxylic acids is 1. The minimum Gasteiger partial charge on any atom is -0.486 e. The van der Waals surface area contributed by atoms with Gasteiger partial charge in [0.05, 0.1) is 36.1 Å². The highest BCUT2D eigenvalue weighted by molar-refractivity contribution is 7.89. The molecule has 0 aromatic heterocycles. The van der Waals surface area contributed by atoms with Crippen LogP contribution in [0.15, 0.2) is 23.1 Å². The first kappa shape index (κ1) is 18.1. The van der Waals surface area contributed by atoms with Crippen LogP contribution in [-0.2, 0) is 19.6 Å². The lowest BCUT2D eigenvalue weighted by molar-refractivity contribution is -0.386. The van der Waals surface area contributed by atoms with Gasteiger partial charge in [-0.25, -0.2) is 8.42 Å². The van der Waals surface area contributed by atoms with Crippen LogP contribution in [0.25, 0.3) is 0 Å². The molecule has 1 fully saturated rings. The number of morpholine rings is 1. The van der Waals surface area contributed by atoms with Crippen LogP contribution in [-0.4, -0.2) is 61.6 Å². The highest BCUT2D eigenvalue weighted by Crippen LogP contribution is 2.31. The van der Waals surface area contributed by atoms with E-state index in [1.807, 2.05) is 0 Å². The Kier molecular flexibility index (Phi) is 5.70. The number of carboxylic acid groups (broad SMARTS) is 1. The maximum absolute atomic E-state index is 12.5. The molecule has 24 heavy (non-hydrogen) atoms. The maximum Gasteiger partial charge on any atom is 0.312 e. The van der Waals surface area contributed by atoms with Crippen molar-refractivity contribution in [2.24, 2.45) is 0 Å². The Morgan fingerprint density at radius 1 is 1.38 bits per heavy atom. The number of hydrogen-bond acceptors (Lipinski definition) is 7. The van der Waals surface area contributed by atoms with Gasteiger partial charge in [0.2, 0.25) is 10.0 Å². The molecular formula is C13H16N2O8S. The number of carboxylic acids is 1. The number of nitrogens with zero attached hydrogens (tertiary/aromatic N) is 2. The van der Waals surface area contributed by atoms with Crippen molar-refractivity contribution >= 4 is 21.7 Å². The number of hydrogen-bond donors (Lipinski definition) is 1. The molecule has 0 saturated carbocycles. The van der Waals surface area contributed by atoms with Crippen molar-refractivity contribution in [3.05, 3.63) is 28.3 Å². The second kappa shape index (κ2) is 7.55. The number of ether oxygens (including phenoxy) is 2. The number of carbonyl (C=O) groups is 1. The molecule has 0 amide bonds. The summed E-state index contributed by atoms with van der Waals surface area (Å²) in [5.41, 5.74) is -0.533. The van der Waals surface area contributed by atoms with Crippen molar-refractivity contribution in [2.45, 2.75) is 11.3 Å². The van der Waals surface area contributed by atoms with Gasteiger partial charge in [-0.2, -0.15) is 4.31 Å². The van der Waals surface area contributed by atoms with Gasteiger partial charge in [-0.15, -0.1) is 0 Å². The molecule has 0 bridgehead atoms. The molecule has 1 aliphatic heterocycles. The van der Waals surface area contributed by atoms with E-state index in [0.717, 1.165) is 12.1 Å². The van der Waals surface area contributed by atoms with Crippen LogP contribution in [0.4, 0.5) is 5.69 Å². The highest BCUT2D eigenvalue weighted by Gasteiger charge is 2.29. The molecule has 1 aliphatic rings.